The Kier molecular flexibility index (Phi) is 3.70. The zero-order valence-electron chi connectivity index (χ0n) is 11.7. The predicted octanol–water partition coefficient (Wildman–Crippen LogP) is 3.55. The lowest BCUT2D eigenvalue weighted by atomic mass is 9.99. The third-order valence-electron chi connectivity index (χ3n) is 4.17. The van der Waals surface area contributed by atoms with Gasteiger partial charge in [-0.1, -0.05) is 18.5 Å². The first-order valence-electron chi connectivity index (χ1n) is 7.15. The van der Waals surface area contributed by atoms with E-state index in [9.17, 15) is 4.79 Å². The van der Waals surface area contributed by atoms with Crippen molar-refractivity contribution in [2.45, 2.75) is 26.3 Å². The Morgan fingerprint density at radius 2 is 2.05 bits per heavy atom. The SMILES string of the molecule is CC1CCN(C(=O)Cn2ccc3cc(Cl)ccc32)CC1. The monoisotopic (exact) mass is 290 g/mol. The van der Waals surface area contributed by atoms with Gasteiger partial charge in [-0.3, -0.25) is 4.79 Å². The highest BCUT2D eigenvalue weighted by Crippen LogP contribution is 2.21. The Labute approximate surface area is 124 Å². The number of hydrogen-bond donors (Lipinski definition) is 0. The van der Waals surface area contributed by atoms with Crippen molar-refractivity contribution in [3.63, 3.8) is 0 Å². The fraction of sp³-hybridized carbons (Fsp3) is 0.438. The van der Waals surface area contributed by atoms with Crippen LogP contribution in [-0.2, 0) is 11.3 Å². The van der Waals surface area contributed by atoms with Gasteiger partial charge in [0.1, 0.15) is 6.54 Å². The minimum absolute atomic E-state index is 0.212. The molecule has 0 unspecified atom stereocenters. The van der Waals surface area contributed by atoms with Crippen LogP contribution in [0, 0.1) is 5.92 Å². The average Bonchev–Trinajstić information content (AvgIpc) is 2.81. The van der Waals surface area contributed by atoms with Crippen LogP contribution in [-0.4, -0.2) is 28.5 Å². The highest BCUT2D eigenvalue weighted by atomic mass is 35.5. The number of amides is 1. The second-order valence-electron chi connectivity index (χ2n) is 5.71. The first kappa shape index (κ1) is 13.5. The molecule has 1 aliphatic heterocycles. The first-order valence-corrected chi connectivity index (χ1v) is 7.53. The van der Waals surface area contributed by atoms with Gasteiger partial charge in [0.25, 0.3) is 0 Å². The van der Waals surface area contributed by atoms with Crippen molar-refractivity contribution in [3.8, 4) is 0 Å². The highest BCUT2D eigenvalue weighted by Gasteiger charge is 2.20. The molecule has 2 aromatic rings. The Hall–Kier alpha value is -1.48. The number of benzene rings is 1. The summed E-state index contributed by atoms with van der Waals surface area (Å²) in [5, 5.41) is 1.81. The largest absolute Gasteiger partial charge is 0.341 e. The molecule has 1 saturated heterocycles. The zero-order chi connectivity index (χ0) is 14.1. The zero-order valence-corrected chi connectivity index (χ0v) is 12.4. The number of carbonyl (C=O) groups excluding carboxylic acids is 1. The fourth-order valence-corrected chi connectivity index (χ4v) is 2.99. The lowest BCUT2D eigenvalue weighted by Gasteiger charge is -2.30. The summed E-state index contributed by atoms with van der Waals surface area (Å²) < 4.78 is 2.01. The van der Waals surface area contributed by atoms with Gasteiger partial charge in [-0.2, -0.15) is 0 Å². The van der Waals surface area contributed by atoms with E-state index in [0.717, 1.165) is 47.8 Å². The standard InChI is InChI=1S/C16H19ClN2O/c1-12-4-7-18(8-5-12)16(20)11-19-9-6-13-10-14(17)2-3-15(13)19/h2-3,6,9-10,12H,4-5,7-8,11H2,1H3. The summed E-state index contributed by atoms with van der Waals surface area (Å²) >= 11 is 5.98. The van der Waals surface area contributed by atoms with Crippen LogP contribution in [0.3, 0.4) is 0 Å². The van der Waals surface area contributed by atoms with Gasteiger partial charge in [-0.15, -0.1) is 0 Å². The van der Waals surface area contributed by atoms with E-state index in [1.54, 1.807) is 0 Å². The molecule has 106 valence electrons. The van der Waals surface area contributed by atoms with Crippen molar-refractivity contribution >= 4 is 28.4 Å². The summed E-state index contributed by atoms with van der Waals surface area (Å²) in [5.74, 6) is 0.956. The molecule has 3 rings (SSSR count). The molecule has 0 aliphatic carbocycles. The van der Waals surface area contributed by atoms with Crippen LogP contribution < -0.4 is 0 Å². The molecular weight excluding hydrogens is 272 g/mol. The number of rotatable bonds is 2. The van der Waals surface area contributed by atoms with Crippen LogP contribution in [0.2, 0.25) is 5.02 Å². The minimum atomic E-state index is 0.212. The highest BCUT2D eigenvalue weighted by molar-refractivity contribution is 6.31. The molecule has 0 atom stereocenters. The maximum atomic E-state index is 12.4. The Morgan fingerprint density at radius 3 is 2.80 bits per heavy atom. The number of hydrogen-bond acceptors (Lipinski definition) is 1. The summed E-state index contributed by atoms with van der Waals surface area (Å²) in [4.78, 5) is 14.3. The molecule has 3 nitrogen and oxygen atoms in total. The maximum absolute atomic E-state index is 12.4. The van der Waals surface area contributed by atoms with E-state index < -0.39 is 0 Å². The molecule has 2 heterocycles. The second-order valence-corrected chi connectivity index (χ2v) is 6.15. The summed E-state index contributed by atoms with van der Waals surface area (Å²) in [6.45, 7) is 4.46. The number of carbonyl (C=O) groups is 1. The molecule has 1 aromatic carbocycles. The Bertz CT molecular complexity index is 626. The molecule has 1 amide bonds. The van der Waals surface area contributed by atoms with Gasteiger partial charge in [0.05, 0.1) is 0 Å². The van der Waals surface area contributed by atoms with Gasteiger partial charge in [-0.05, 0) is 43.0 Å². The van der Waals surface area contributed by atoms with Crippen LogP contribution in [0.1, 0.15) is 19.8 Å². The topological polar surface area (TPSA) is 25.2 Å². The third-order valence-corrected chi connectivity index (χ3v) is 4.41. The second kappa shape index (κ2) is 5.49. The Balaban J connectivity index is 1.74. The van der Waals surface area contributed by atoms with E-state index in [1.165, 1.54) is 0 Å². The normalized spacial score (nSPS) is 16.8. The van der Waals surface area contributed by atoms with Gasteiger partial charge in [0, 0.05) is 35.2 Å². The molecule has 0 saturated carbocycles. The number of likely N-dealkylation sites (tertiary alicyclic amines) is 1. The smallest absolute Gasteiger partial charge is 0.242 e. The lowest BCUT2D eigenvalue weighted by Crippen LogP contribution is -2.39. The molecule has 1 aliphatic rings. The number of aromatic nitrogens is 1. The van der Waals surface area contributed by atoms with Crippen LogP contribution in [0.4, 0.5) is 0 Å². The van der Waals surface area contributed by atoms with Crippen molar-refractivity contribution in [3.05, 3.63) is 35.5 Å². The minimum Gasteiger partial charge on any atom is -0.341 e. The average molecular weight is 291 g/mol. The maximum Gasteiger partial charge on any atom is 0.242 e. The molecule has 0 bridgehead atoms. The van der Waals surface area contributed by atoms with Gasteiger partial charge in [0.2, 0.25) is 5.91 Å². The number of piperidine rings is 1. The molecular formula is C16H19ClN2O. The quantitative estimate of drug-likeness (QED) is 0.830. The molecule has 4 heteroatoms. The van der Waals surface area contributed by atoms with Crippen molar-refractivity contribution in [2.75, 3.05) is 13.1 Å². The van der Waals surface area contributed by atoms with Gasteiger partial charge < -0.3 is 9.47 Å². The molecule has 1 fully saturated rings. The molecule has 0 radical (unpaired) electrons. The van der Waals surface area contributed by atoms with Gasteiger partial charge in [-0.25, -0.2) is 0 Å². The molecule has 0 spiro atoms. The van der Waals surface area contributed by atoms with E-state index >= 15 is 0 Å². The summed E-state index contributed by atoms with van der Waals surface area (Å²) in [6.07, 6.45) is 4.20. The van der Waals surface area contributed by atoms with Crippen LogP contribution in [0.5, 0.6) is 0 Å². The number of fused-ring (bicyclic) bond motifs is 1. The first-order chi connectivity index (χ1) is 9.63. The van der Waals surface area contributed by atoms with Crippen LogP contribution >= 0.6 is 11.6 Å². The summed E-state index contributed by atoms with van der Waals surface area (Å²) in [7, 11) is 0. The van der Waals surface area contributed by atoms with E-state index in [-0.39, 0.29) is 5.91 Å². The molecule has 1 aromatic heterocycles. The van der Waals surface area contributed by atoms with E-state index in [4.69, 9.17) is 11.6 Å². The third kappa shape index (κ3) is 2.68. The van der Waals surface area contributed by atoms with Gasteiger partial charge >= 0.3 is 0 Å². The summed E-state index contributed by atoms with van der Waals surface area (Å²) in [6, 6.07) is 7.78. The van der Waals surface area contributed by atoms with Crippen molar-refractivity contribution < 1.29 is 4.79 Å². The predicted molar refractivity (Wildman–Crippen MR) is 81.9 cm³/mol. The fourth-order valence-electron chi connectivity index (χ4n) is 2.81. The summed E-state index contributed by atoms with van der Waals surface area (Å²) in [5.41, 5.74) is 1.06. The van der Waals surface area contributed by atoms with E-state index in [1.807, 2.05) is 39.9 Å². The molecule has 0 N–H and O–H groups in total. The lowest BCUT2D eigenvalue weighted by molar-refractivity contribution is -0.133. The number of halogens is 1. The van der Waals surface area contributed by atoms with Gasteiger partial charge in [0.15, 0.2) is 0 Å². The van der Waals surface area contributed by atoms with E-state index in [2.05, 4.69) is 6.92 Å². The van der Waals surface area contributed by atoms with Crippen molar-refractivity contribution in [1.29, 1.82) is 0 Å². The van der Waals surface area contributed by atoms with Crippen LogP contribution in [0.15, 0.2) is 30.5 Å². The molecule has 20 heavy (non-hydrogen) atoms. The van der Waals surface area contributed by atoms with Crippen LogP contribution in [0.25, 0.3) is 10.9 Å². The number of nitrogens with zero attached hydrogens (tertiary/aromatic N) is 2. The van der Waals surface area contributed by atoms with Crippen molar-refractivity contribution in [2.24, 2.45) is 5.92 Å². The van der Waals surface area contributed by atoms with Crippen molar-refractivity contribution in [1.82, 2.24) is 9.47 Å². The van der Waals surface area contributed by atoms with E-state index in [0.29, 0.717) is 6.54 Å². The Morgan fingerprint density at radius 1 is 1.30 bits per heavy atom.